The Labute approximate surface area is 113 Å². The number of hydrogen-bond donors (Lipinski definition) is 1. The summed E-state index contributed by atoms with van der Waals surface area (Å²) in [5.41, 5.74) is 0. The maximum atomic E-state index is 12.9. The monoisotopic (exact) mass is 274 g/mol. The zero-order valence-corrected chi connectivity index (χ0v) is 11.6. The number of hydrogen-bond acceptors (Lipinski definition) is 3. The smallest absolute Gasteiger partial charge is 0.142 e. The third-order valence-electron chi connectivity index (χ3n) is 2.40. The minimum absolute atomic E-state index is 0.0893. The van der Waals surface area contributed by atoms with Crippen LogP contribution in [-0.4, -0.2) is 45.2 Å². The predicted molar refractivity (Wildman–Crippen MR) is 72.9 cm³/mol. The van der Waals surface area contributed by atoms with Gasteiger partial charge in [-0.15, -0.1) is 0 Å². The van der Waals surface area contributed by atoms with E-state index in [9.17, 15) is 4.39 Å². The van der Waals surface area contributed by atoms with Crippen LogP contribution in [0.15, 0.2) is 18.2 Å². The second-order valence-corrected chi connectivity index (χ2v) is 4.74. The fraction of sp³-hybridized carbons (Fsp3) is 0.538. The Balaban J connectivity index is 2.09. The van der Waals surface area contributed by atoms with Crippen molar-refractivity contribution in [1.82, 2.24) is 10.2 Å². The molecule has 0 spiro atoms. The first-order valence-electron chi connectivity index (χ1n) is 6.03. The van der Waals surface area contributed by atoms with Crippen molar-refractivity contribution in [3.8, 4) is 5.75 Å². The molecule has 0 bridgehead atoms. The van der Waals surface area contributed by atoms with Crippen LogP contribution in [0.1, 0.15) is 6.42 Å². The van der Waals surface area contributed by atoms with E-state index in [0.29, 0.717) is 12.4 Å². The van der Waals surface area contributed by atoms with Gasteiger partial charge in [0, 0.05) is 12.6 Å². The van der Waals surface area contributed by atoms with Crippen molar-refractivity contribution in [1.29, 1.82) is 0 Å². The van der Waals surface area contributed by atoms with E-state index in [-0.39, 0.29) is 5.02 Å². The number of nitrogens with one attached hydrogen (secondary N) is 1. The molecule has 0 radical (unpaired) electrons. The van der Waals surface area contributed by atoms with Gasteiger partial charge in [0.1, 0.15) is 18.2 Å². The van der Waals surface area contributed by atoms with Gasteiger partial charge in [0.2, 0.25) is 0 Å². The average Bonchev–Trinajstić information content (AvgIpc) is 2.32. The Morgan fingerprint density at radius 3 is 2.78 bits per heavy atom. The van der Waals surface area contributed by atoms with Gasteiger partial charge >= 0.3 is 0 Å². The van der Waals surface area contributed by atoms with Crippen molar-refractivity contribution in [3.63, 3.8) is 0 Å². The SMILES string of the molecule is CN(C)CCCNCCOc1ccc(F)c(Cl)c1. The van der Waals surface area contributed by atoms with E-state index < -0.39 is 5.82 Å². The molecule has 0 unspecified atom stereocenters. The van der Waals surface area contributed by atoms with E-state index in [0.717, 1.165) is 26.1 Å². The predicted octanol–water partition coefficient (Wildman–Crippen LogP) is 2.40. The normalized spacial score (nSPS) is 10.9. The lowest BCUT2D eigenvalue weighted by Gasteiger charge is -2.10. The van der Waals surface area contributed by atoms with Crippen molar-refractivity contribution in [3.05, 3.63) is 29.0 Å². The summed E-state index contributed by atoms with van der Waals surface area (Å²) in [6, 6.07) is 4.37. The van der Waals surface area contributed by atoms with E-state index in [4.69, 9.17) is 16.3 Å². The molecule has 0 aromatic heterocycles. The largest absolute Gasteiger partial charge is 0.492 e. The number of halogens is 2. The number of benzene rings is 1. The molecule has 0 aliphatic rings. The molecule has 3 nitrogen and oxygen atoms in total. The van der Waals surface area contributed by atoms with Gasteiger partial charge in [0.15, 0.2) is 0 Å². The molecule has 1 N–H and O–H groups in total. The number of nitrogens with zero attached hydrogens (tertiary/aromatic N) is 1. The van der Waals surface area contributed by atoms with Gasteiger partial charge in [-0.3, -0.25) is 0 Å². The van der Waals surface area contributed by atoms with Gasteiger partial charge < -0.3 is 15.0 Å². The summed E-state index contributed by atoms with van der Waals surface area (Å²) in [6.07, 6.45) is 1.11. The highest BCUT2D eigenvalue weighted by Gasteiger charge is 2.01. The van der Waals surface area contributed by atoms with Crippen molar-refractivity contribution in [2.45, 2.75) is 6.42 Å². The highest BCUT2D eigenvalue weighted by atomic mass is 35.5. The summed E-state index contributed by atoms with van der Waals surface area (Å²) >= 11 is 5.65. The van der Waals surface area contributed by atoms with Crippen LogP contribution in [0.25, 0.3) is 0 Å². The lowest BCUT2D eigenvalue weighted by molar-refractivity contribution is 0.311. The second-order valence-electron chi connectivity index (χ2n) is 4.33. The van der Waals surface area contributed by atoms with Crippen LogP contribution in [0.4, 0.5) is 4.39 Å². The quantitative estimate of drug-likeness (QED) is 0.737. The lowest BCUT2D eigenvalue weighted by Crippen LogP contribution is -2.25. The van der Waals surface area contributed by atoms with Crippen molar-refractivity contribution >= 4 is 11.6 Å². The summed E-state index contributed by atoms with van der Waals surface area (Å²) in [7, 11) is 4.11. The number of rotatable bonds is 8. The Morgan fingerprint density at radius 1 is 1.33 bits per heavy atom. The first kappa shape index (κ1) is 15.2. The zero-order valence-electron chi connectivity index (χ0n) is 10.9. The highest BCUT2D eigenvalue weighted by Crippen LogP contribution is 2.20. The van der Waals surface area contributed by atoms with E-state index in [1.54, 1.807) is 6.07 Å². The summed E-state index contributed by atoms with van der Waals surface area (Å²) < 4.78 is 18.3. The molecule has 18 heavy (non-hydrogen) atoms. The van der Waals surface area contributed by atoms with Crippen LogP contribution in [0.3, 0.4) is 0 Å². The first-order valence-corrected chi connectivity index (χ1v) is 6.40. The highest BCUT2D eigenvalue weighted by molar-refractivity contribution is 6.30. The molecule has 0 saturated carbocycles. The van der Waals surface area contributed by atoms with Gasteiger partial charge in [0.25, 0.3) is 0 Å². The third kappa shape index (κ3) is 6.19. The van der Waals surface area contributed by atoms with Crippen LogP contribution < -0.4 is 10.1 Å². The second kappa shape index (κ2) is 8.29. The maximum Gasteiger partial charge on any atom is 0.142 e. The van der Waals surface area contributed by atoms with Crippen LogP contribution in [0.5, 0.6) is 5.75 Å². The van der Waals surface area contributed by atoms with Crippen LogP contribution in [0, 0.1) is 5.82 Å². The van der Waals surface area contributed by atoms with Gasteiger partial charge in [-0.25, -0.2) is 4.39 Å². The molecule has 0 aliphatic heterocycles. The molecule has 0 atom stereocenters. The van der Waals surface area contributed by atoms with E-state index in [1.807, 2.05) is 0 Å². The topological polar surface area (TPSA) is 24.5 Å². The van der Waals surface area contributed by atoms with Crippen molar-refractivity contribution < 1.29 is 9.13 Å². The Hall–Kier alpha value is -0.840. The summed E-state index contributed by atoms with van der Waals surface area (Å²) in [5, 5.41) is 3.37. The minimum atomic E-state index is -0.425. The minimum Gasteiger partial charge on any atom is -0.492 e. The molecule has 1 aromatic rings. The van der Waals surface area contributed by atoms with E-state index in [1.165, 1.54) is 12.1 Å². The number of ether oxygens (including phenoxy) is 1. The zero-order chi connectivity index (χ0) is 13.4. The molecule has 0 fully saturated rings. The average molecular weight is 275 g/mol. The third-order valence-corrected chi connectivity index (χ3v) is 2.69. The fourth-order valence-electron chi connectivity index (χ4n) is 1.45. The molecular weight excluding hydrogens is 255 g/mol. The first-order chi connectivity index (χ1) is 8.59. The molecule has 0 amide bonds. The lowest BCUT2D eigenvalue weighted by atomic mass is 10.3. The molecule has 1 rings (SSSR count). The molecular formula is C13H20ClFN2O. The maximum absolute atomic E-state index is 12.9. The van der Waals surface area contributed by atoms with Gasteiger partial charge in [-0.05, 0) is 45.7 Å². The van der Waals surface area contributed by atoms with Gasteiger partial charge in [-0.1, -0.05) is 11.6 Å². The standard InChI is InChI=1S/C13H20ClFN2O/c1-17(2)8-3-6-16-7-9-18-11-4-5-13(15)12(14)10-11/h4-5,10,16H,3,6-9H2,1-2H3. The van der Waals surface area contributed by atoms with E-state index in [2.05, 4.69) is 24.3 Å². The van der Waals surface area contributed by atoms with Crippen LogP contribution in [0.2, 0.25) is 5.02 Å². The van der Waals surface area contributed by atoms with Crippen LogP contribution in [-0.2, 0) is 0 Å². The molecule has 5 heteroatoms. The molecule has 0 saturated heterocycles. The Bertz CT molecular complexity index is 361. The molecule has 0 aliphatic carbocycles. The summed E-state index contributed by atoms with van der Waals surface area (Å²) in [6.45, 7) is 3.35. The Morgan fingerprint density at radius 2 is 2.11 bits per heavy atom. The van der Waals surface area contributed by atoms with Crippen LogP contribution >= 0.6 is 11.6 Å². The van der Waals surface area contributed by atoms with E-state index >= 15 is 0 Å². The molecule has 1 aromatic carbocycles. The molecule has 102 valence electrons. The van der Waals surface area contributed by atoms with Gasteiger partial charge in [0.05, 0.1) is 5.02 Å². The molecule has 0 heterocycles. The Kier molecular flexibility index (Phi) is 7.01. The van der Waals surface area contributed by atoms with Gasteiger partial charge in [-0.2, -0.15) is 0 Å². The fourth-order valence-corrected chi connectivity index (χ4v) is 1.62. The summed E-state index contributed by atoms with van der Waals surface area (Å²) in [4.78, 5) is 2.15. The van der Waals surface area contributed by atoms with Crippen molar-refractivity contribution in [2.24, 2.45) is 0 Å². The summed E-state index contributed by atoms with van der Waals surface area (Å²) in [5.74, 6) is 0.169. The van der Waals surface area contributed by atoms with Crippen molar-refractivity contribution in [2.75, 3.05) is 40.3 Å².